The summed E-state index contributed by atoms with van der Waals surface area (Å²) in [6.07, 6.45) is 1.25. The lowest BCUT2D eigenvalue weighted by Crippen LogP contribution is -2.42. The Kier molecular flexibility index (Phi) is 6.05. The standard InChI is InChI=1S/C16H16N2O8S/c1-4-26-15(21)8(2)17-14(20)12(27-16(17)22)7-9-5-10(18(23)24)13(19)11(6-9)25-3/h5-8,19H,4H2,1-3H3/b12-7-/t8-/m0/s1. The molecule has 2 amide bonds. The number of phenolic OH excluding ortho intramolecular Hbond substituents is 1. The number of amides is 2. The molecule has 1 heterocycles. The van der Waals surface area contributed by atoms with Crippen molar-refractivity contribution in [2.24, 2.45) is 0 Å². The van der Waals surface area contributed by atoms with Gasteiger partial charge < -0.3 is 14.6 Å². The van der Waals surface area contributed by atoms with E-state index in [0.717, 1.165) is 11.0 Å². The number of ether oxygens (including phenoxy) is 2. The molecule has 0 aromatic heterocycles. The van der Waals surface area contributed by atoms with Crippen molar-refractivity contribution >= 4 is 40.6 Å². The van der Waals surface area contributed by atoms with Gasteiger partial charge in [-0.3, -0.25) is 24.6 Å². The van der Waals surface area contributed by atoms with E-state index in [1.165, 1.54) is 26.2 Å². The Morgan fingerprint density at radius 1 is 1.44 bits per heavy atom. The number of hydrogen-bond donors (Lipinski definition) is 1. The fourth-order valence-corrected chi connectivity index (χ4v) is 3.23. The van der Waals surface area contributed by atoms with Crippen LogP contribution < -0.4 is 4.74 Å². The van der Waals surface area contributed by atoms with Gasteiger partial charge in [-0.15, -0.1) is 0 Å². The first-order chi connectivity index (χ1) is 12.7. The molecule has 1 N–H and O–H groups in total. The number of carbonyl (C=O) groups excluding carboxylic acids is 3. The van der Waals surface area contributed by atoms with Crippen molar-refractivity contribution < 1.29 is 33.9 Å². The third-order valence-electron chi connectivity index (χ3n) is 3.63. The van der Waals surface area contributed by atoms with Crippen LogP contribution in [0.4, 0.5) is 10.5 Å². The molecule has 10 nitrogen and oxygen atoms in total. The van der Waals surface area contributed by atoms with Crippen LogP contribution in [-0.4, -0.2) is 51.8 Å². The van der Waals surface area contributed by atoms with Gasteiger partial charge in [0.1, 0.15) is 6.04 Å². The number of aromatic hydroxyl groups is 1. The van der Waals surface area contributed by atoms with Crippen LogP contribution in [0, 0.1) is 10.1 Å². The summed E-state index contributed by atoms with van der Waals surface area (Å²) in [6.45, 7) is 3.07. The highest BCUT2D eigenvalue weighted by Gasteiger charge is 2.41. The van der Waals surface area contributed by atoms with E-state index in [1.807, 2.05) is 0 Å². The number of thioether (sulfide) groups is 1. The molecule has 27 heavy (non-hydrogen) atoms. The van der Waals surface area contributed by atoms with Crippen molar-refractivity contribution in [3.05, 3.63) is 32.7 Å². The first-order valence-corrected chi connectivity index (χ1v) is 8.52. The van der Waals surface area contributed by atoms with Crippen LogP contribution in [0.3, 0.4) is 0 Å². The van der Waals surface area contributed by atoms with Crippen molar-refractivity contribution in [3.63, 3.8) is 0 Å². The minimum Gasteiger partial charge on any atom is -0.500 e. The smallest absolute Gasteiger partial charge is 0.329 e. The maximum Gasteiger partial charge on any atom is 0.329 e. The van der Waals surface area contributed by atoms with Crippen molar-refractivity contribution in [2.45, 2.75) is 19.9 Å². The number of methoxy groups -OCH3 is 1. The zero-order valence-corrected chi connectivity index (χ0v) is 15.4. The second-order valence-corrected chi connectivity index (χ2v) is 6.32. The summed E-state index contributed by atoms with van der Waals surface area (Å²) in [5.41, 5.74) is -0.439. The van der Waals surface area contributed by atoms with Gasteiger partial charge in [-0.1, -0.05) is 0 Å². The van der Waals surface area contributed by atoms with E-state index in [0.29, 0.717) is 11.8 Å². The fraction of sp³-hybridized carbons (Fsp3) is 0.312. The largest absolute Gasteiger partial charge is 0.500 e. The van der Waals surface area contributed by atoms with Gasteiger partial charge in [0.15, 0.2) is 5.75 Å². The molecule has 2 rings (SSSR count). The van der Waals surface area contributed by atoms with Crippen LogP contribution in [0.25, 0.3) is 6.08 Å². The number of benzene rings is 1. The van der Waals surface area contributed by atoms with Crippen molar-refractivity contribution in [2.75, 3.05) is 13.7 Å². The summed E-state index contributed by atoms with van der Waals surface area (Å²) < 4.78 is 9.71. The minimum absolute atomic E-state index is 0.0295. The van der Waals surface area contributed by atoms with Crippen LogP contribution in [0.2, 0.25) is 0 Å². The molecule has 0 saturated carbocycles. The maximum atomic E-state index is 12.5. The molecule has 1 saturated heterocycles. The number of esters is 1. The Bertz CT molecular complexity index is 851. The van der Waals surface area contributed by atoms with Crippen LogP contribution >= 0.6 is 11.8 Å². The normalized spacial score (nSPS) is 16.6. The van der Waals surface area contributed by atoms with Gasteiger partial charge in [0.25, 0.3) is 11.1 Å². The molecule has 1 atom stereocenters. The highest BCUT2D eigenvalue weighted by Crippen LogP contribution is 2.39. The van der Waals surface area contributed by atoms with Gasteiger partial charge in [-0.25, -0.2) is 4.79 Å². The molecule has 0 aliphatic carbocycles. The van der Waals surface area contributed by atoms with E-state index in [9.17, 15) is 29.6 Å². The predicted molar refractivity (Wildman–Crippen MR) is 95.2 cm³/mol. The Hall–Kier alpha value is -3.08. The highest BCUT2D eigenvalue weighted by molar-refractivity contribution is 8.18. The molecule has 144 valence electrons. The number of hydrogen-bond acceptors (Lipinski definition) is 9. The van der Waals surface area contributed by atoms with E-state index >= 15 is 0 Å². The molecule has 0 bridgehead atoms. The van der Waals surface area contributed by atoms with Crippen LogP contribution in [0.5, 0.6) is 11.5 Å². The summed E-state index contributed by atoms with van der Waals surface area (Å²) in [5, 5.41) is 20.2. The van der Waals surface area contributed by atoms with Gasteiger partial charge >= 0.3 is 11.7 Å². The van der Waals surface area contributed by atoms with Crippen LogP contribution in [0.15, 0.2) is 17.0 Å². The van der Waals surface area contributed by atoms with Crippen LogP contribution in [0.1, 0.15) is 19.4 Å². The third-order valence-corrected chi connectivity index (χ3v) is 4.51. The van der Waals surface area contributed by atoms with Gasteiger partial charge in [-0.2, -0.15) is 0 Å². The summed E-state index contributed by atoms with van der Waals surface area (Å²) in [5.74, 6) is -2.25. The molecular formula is C16H16N2O8S. The topological polar surface area (TPSA) is 136 Å². The number of nitro benzene ring substituents is 1. The lowest BCUT2D eigenvalue weighted by Gasteiger charge is -2.19. The number of nitro groups is 1. The monoisotopic (exact) mass is 396 g/mol. The second kappa shape index (κ2) is 8.08. The Labute approximate surface area is 157 Å². The molecule has 1 aliphatic rings. The number of nitrogens with zero attached hydrogens (tertiary/aromatic N) is 2. The average Bonchev–Trinajstić information content (AvgIpc) is 2.89. The summed E-state index contributed by atoms with van der Waals surface area (Å²) >= 11 is 0.590. The summed E-state index contributed by atoms with van der Waals surface area (Å²) in [4.78, 5) is 47.4. The number of phenols is 1. The number of imide groups is 1. The molecule has 1 fully saturated rings. The lowest BCUT2D eigenvalue weighted by molar-refractivity contribution is -0.386. The lowest BCUT2D eigenvalue weighted by atomic mass is 10.1. The first kappa shape index (κ1) is 20.2. The molecule has 1 aliphatic heterocycles. The number of rotatable bonds is 6. The summed E-state index contributed by atoms with van der Waals surface area (Å²) in [6, 6.07) is 1.22. The fourth-order valence-electron chi connectivity index (χ4n) is 2.33. The molecule has 0 unspecified atom stereocenters. The van der Waals surface area contributed by atoms with E-state index in [1.54, 1.807) is 6.92 Å². The van der Waals surface area contributed by atoms with Crippen molar-refractivity contribution in [3.8, 4) is 11.5 Å². The third kappa shape index (κ3) is 4.03. The van der Waals surface area contributed by atoms with Gasteiger partial charge in [0.2, 0.25) is 5.75 Å². The zero-order valence-electron chi connectivity index (χ0n) is 14.6. The Morgan fingerprint density at radius 2 is 2.11 bits per heavy atom. The average molecular weight is 396 g/mol. The van der Waals surface area contributed by atoms with Crippen molar-refractivity contribution in [1.82, 2.24) is 4.90 Å². The first-order valence-electron chi connectivity index (χ1n) is 7.70. The molecular weight excluding hydrogens is 380 g/mol. The molecule has 1 aromatic rings. The molecule has 1 aromatic carbocycles. The quantitative estimate of drug-likeness (QED) is 0.332. The minimum atomic E-state index is -1.10. The van der Waals surface area contributed by atoms with E-state index in [4.69, 9.17) is 9.47 Å². The van der Waals surface area contributed by atoms with Gasteiger partial charge in [-0.05, 0) is 43.3 Å². The Balaban J connectivity index is 2.39. The number of carbonyl (C=O) groups is 3. The predicted octanol–water partition coefficient (Wildman–Crippen LogP) is 2.30. The Morgan fingerprint density at radius 3 is 2.67 bits per heavy atom. The van der Waals surface area contributed by atoms with E-state index in [2.05, 4.69) is 0 Å². The zero-order chi connectivity index (χ0) is 20.3. The van der Waals surface area contributed by atoms with E-state index < -0.39 is 39.5 Å². The second-order valence-electron chi connectivity index (χ2n) is 5.33. The van der Waals surface area contributed by atoms with Gasteiger partial charge in [0.05, 0.1) is 23.5 Å². The molecule has 0 radical (unpaired) electrons. The SMILES string of the molecule is CCOC(=O)[C@H](C)N1C(=O)S/C(=C\c2cc(OC)c(O)c([N+](=O)[O-])c2)C1=O. The van der Waals surface area contributed by atoms with Crippen molar-refractivity contribution in [1.29, 1.82) is 0 Å². The maximum absolute atomic E-state index is 12.5. The van der Waals surface area contributed by atoms with E-state index in [-0.39, 0.29) is 22.8 Å². The summed E-state index contributed by atoms with van der Waals surface area (Å²) in [7, 11) is 1.22. The molecule has 11 heteroatoms. The van der Waals surface area contributed by atoms with Crippen LogP contribution in [-0.2, 0) is 14.3 Å². The van der Waals surface area contributed by atoms with Gasteiger partial charge in [0, 0.05) is 6.07 Å². The molecule has 0 spiro atoms. The highest BCUT2D eigenvalue weighted by atomic mass is 32.2.